The minimum atomic E-state index is -0.0680. The Kier molecular flexibility index (Phi) is 4.89. The van der Waals surface area contributed by atoms with Crippen molar-refractivity contribution in [3.63, 3.8) is 0 Å². The number of nitrogens with zero attached hydrogens (tertiary/aromatic N) is 6. The maximum atomic E-state index is 12.4. The van der Waals surface area contributed by atoms with Gasteiger partial charge in [-0.15, -0.1) is 0 Å². The molecule has 0 radical (unpaired) electrons. The van der Waals surface area contributed by atoms with Crippen LogP contribution in [-0.4, -0.2) is 42.2 Å². The van der Waals surface area contributed by atoms with Crippen LogP contribution in [0.3, 0.4) is 0 Å². The molecule has 1 unspecified atom stereocenters. The predicted octanol–water partition coefficient (Wildman–Crippen LogP) is 2.64. The zero-order chi connectivity index (χ0) is 19.6. The second-order valence-electron chi connectivity index (χ2n) is 7.97. The van der Waals surface area contributed by atoms with Crippen LogP contribution < -0.4 is 5.56 Å². The topological polar surface area (TPSA) is 76.8 Å². The first-order chi connectivity index (χ1) is 14.3. The van der Waals surface area contributed by atoms with E-state index in [-0.39, 0.29) is 11.6 Å². The Labute approximate surface area is 169 Å². The van der Waals surface area contributed by atoms with E-state index in [9.17, 15) is 4.79 Å². The van der Waals surface area contributed by atoms with Gasteiger partial charge in [-0.25, -0.2) is 14.6 Å². The van der Waals surface area contributed by atoms with Crippen molar-refractivity contribution in [2.24, 2.45) is 0 Å². The fourth-order valence-electron chi connectivity index (χ4n) is 3.99. The van der Waals surface area contributed by atoms with Crippen LogP contribution in [0.15, 0.2) is 53.8 Å². The molecule has 0 aromatic carbocycles. The average Bonchev–Trinajstić information content (AvgIpc) is 3.52. The summed E-state index contributed by atoms with van der Waals surface area (Å²) in [4.78, 5) is 28.1. The van der Waals surface area contributed by atoms with E-state index in [1.807, 2.05) is 24.5 Å². The van der Waals surface area contributed by atoms with Crippen molar-refractivity contribution in [2.45, 2.75) is 50.7 Å². The molecule has 1 saturated heterocycles. The standard InChI is InChI=1S/C22H24N6O/c29-21-8-7-20(18-3-1-9-23-13-18)26-28(21)15-19-4-2-10-27(19)14-16-11-24-22(25-12-16)17-5-6-17/h1,3,7-9,11-13,17,19H,2,4-6,10,14-15H2. The SMILES string of the molecule is O=c1ccc(-c2cccnc2)nn1CC1CCCN1Cc1cnc(C2CC2)nc1. The number of pyridine rings is 1. The van der Waals surface area contributed by atoms with Gasteiger partial charge in [0.25, 0.3) is 5.56 Å². The molecule has 0 N–H and O–H groups in total. The Morgan fingerprint density at radius 3 is 2.66 bits per heavy atom. The Hall–Kier alpha value is -2.93. The van der Waals surface area contributed by atoms with Gasteiger partial charge in [-0.05, 0) is 50.4 Å². The first kappa shape index (κ1) is 18.1. The summed E-state index contributed by atoms with van der Waals surface area (Å²) in [5, 5.41) is 4.60. The van der Waals surface area contributed by atoms with Crippen molar-refractivity contribution in [1.29, 1.82) is 0 Å². The quantitative estimate of drug-likeness (QED) is 0.646. The highest BCUT2D eigenvalue weighted by Crippen LogP contribution is 2.37. The van der Waals surface area contributed by atoms with Crippen LogP contribution in [0.1, 0.15) is 43.0 Å². The van der Waals surface area contributed by atoms with Crippen molar-refractivity contribution in [2.75, 3.05) is 6.54 Å². The van der Waals surface area contributed by atoms with Crippen LogP contribution in [0, 0.1) is 0 Å². The molecule has 2 aliphatic rings. The van der Waals surface area contributed by atoms with Gasteiger partial charge in [-0.1, -0.05) is 0 Å². The van der Waals surface area contributed by atoms with Gasteiger partial charge < -0.3 is 0 Å². The van der Waals surface area contributed by atoms with Gasteiger partial charge in [0.1, 0.15) is 5.82 Å². The van der Waals surface area contributed by atoms with Gasteiger partial charge in [0.15, 0.2) is 0 Å². The van der Waals surface area contributed by atoms with E-state index >= 15 is 0 Å². The first-order valence-corrected chi connectivity index (χ1v) is 10.3. The second-order valence-corrected chi connectivity index (χ2v) is 7.97. The molecule has 4 heterocycles. The zero-order valence-corrected chi connectivity index (χ0v) is 16.3. The van der Waals surface area contributed by atoms with E-state index < -0.39 is 0 Å². The van der Waals surface area contributed by atoms with Crippen molar-refractivity contribution in [3.05, 3.63) is 70.8 Å². The minimum Gasteiger partial charge on any atom is -0.294 e. The third-order valence-corrected chi connectivity index (χ3v) is 5.76. The zero-order valence-electron chi connectivity index (χ0n) is 16.3. The summed E-state index contributed by atoms with van der Waals surface area (Å²) in [5.74, 6) is 1.56. The molecule has 29 heavy (non-hydrogen) atoms. The summed E-state index contributed by atoms with van der Waals surface area (Å²) >= 11 is 0. The molecule has 1 saturated carbocycles. The largest absolute Gasteiger partial charge is 0.294 e. The Bertz CT molecular complexity index is 1030. The smallest absolute Gasteiger partial charge is 0.266 e. The van der Waals surface area contributed by atoms with Crippen LogP contribution in [0.4, 0.5) is 0 Å². The van der Waals surface area contributed by atoms with Crippen molar-refractivity contribution in [1.82, 2.24) is 29.6 Å². The van der Waals surface area contributed by atoms with Gasteiger partial charge >= 0.3 is 0 Å². The molecule has 1 atom stereocenters. The molecule has 148 valence electrons. The number of hydrogen-bond donors (Lipinski definition) is 0. The molecule has 1 aliphatic carbocycles. The molecule has 7 heteroatoms. The highest BCUT2D eigenvalue weighted by molar-refractivity contribution is 5.56. The van der Waals surface area contributed by atoms with E-state index in [0.717, 1.165) is 48.6 Å². The molecule has 3 aromatic rings. The van der Waals surface area contributed by atoms with Gasteiger partial charge in [0.2, 0.25) is 0 Å². The molecule has 3 aromatic heterocycles. The molecule has 7 nitrogen and oxygen atoms in total. The van der Waals surface area contributed by atoms with Crippen LogP contribution in [0.2, 0.25) is 0 Å². The average molecular weight is 388 g/mol. The molecule has 0 spiro atoms. The Morgan fingerprint density at radius 1 is 1.03 bits per heavy atom. The lowest BCUT2D eigenvalue weighted by atomic mass is 10.2. The lowest BCUT2D eigenvalue weighted by molar-refractivity contribution is 0.216. The lowest BCUT2D eigenvalue weighted by Gasteiger charge is -2.24. The summed E-state index contributed by atoms with van der Waals surface area (Å²) in [6, 6.07) is 7.48. The second kappa shape index (κ2) is 7.83. The molecule has 0 amide bonds. The lowest BCUT2D eigenvalue weighted by Crippen LogP contribution is -2.36. The number of hydrogen-bond acceptors (Lipinski definition) is 6. The third-order valence-electron chi connectivity index (χ3n) is 5.76. The fourth-order valence-corrected chi connectivity index (χ4v) is 3.99. The minimum absolute atomic E-state index is 0.0680. The maximum absolute atomic E-state index is 12.4. The predicted molar refractivity (Wildman–Crippen MR) is 109 cm³/mol. The van der Waals surface area contributed by atoms with Crippen molar-refractivity contribution < 1.29 is 0 Å². The first-order valence-electron chi connectivity index (χ1n) is 10.3. The molecule has 5 rings (SSSR count). The van der Waals surface area contributed by atoms with Crippen LogP contribution in [0.5, 0.6) is 0 Å². The molecular formula is C22H24N6O. The summed E-state index contributed by atoms with van der Waals surface area (Å²) < 4.78 is 1.60. The molecule has 0 bridgehead atoms. The van der Waals surface area contributed by atoms with E-state index in [0.29, 0.717) is 12.5 Å². The van der Waals surface area contributed by atoms with Crippen molar-refractivity contribution >= 4 is 0 Å². The van der Waals surface area contributed by atoms with Gasteiger partial charge in [-0.2, -0.15) is 5.10 Å². The normalized spacial score (nSPS) is 19.5. The van der Waals surface area contributed by atoms with Gasteiger partial charge in [0, 0.05) is 60.5 Å². The maximum Gasteiger partial charge on any atom is 0.266 e. The Morgan fingerprint density at radius 2 is 1.90 bits per heavy atom. The fraction of sp³-hybridized carbons (Fsp3) is 0.409. The summed E-state index contributed by atoms with van der Waals surface area (Å²) in [5.41, 5.74) is 2.75. The van der Waals surface area contributed by atoms with Gasteiger partial charge in [0.05, 0.1) is 12.2 Å². The number of rotatable bonds is 6. The Balaban J connectivity index is 1.31. The van der Waals surface area contributed by atoms with E-state index in [2.05, 4.69) is 25.0 Å². The number of aromatic nitrogens is 5. The van der Waals surface area contributed by atoms with Crippen LogP contribution in [0.25, 0.3) is 11.3 Å². The van der Waals surface area contributed by atoms with Crippen LogP contribution >= 0.6 is 0 Å². The van der Waals surface area contributed by atoms with Crippen LogP contribution in [-0.2, 0) is 13.1 Å². The summed E-state index contributed by atoms with van der Waals surface area (Å²) in [7, 11) is 0. The highest BCUT2D eigenvalue weighted by Gasteiger charge is 2.28. The third kappa shape index (κ3) is 4.10. The number of likely N-dealkylation sites (tertiary alicyclic amines) is 1. The van der Waals surface area contributed by atoms with Gasteiger partial charge in [-0.3, -0.25) is 14.7 Å². The van der Waals surface area contributed by atoms with Crippen molar-refractivity contribution in [3.8, 4) is 11.3 Å². The molecule has 1 aliphatic heterocycles. The van der Waals surface area contributed by atoms with E-state index in [4.69, 9.17) is 0 Å². The highest BCUT2D eigenvalue weighted by atomic mass is 16.1. The van der Waals surface area contributed by atoms with E-state index in [1.54, 1.807) is 29.2 Å². The van der Waals surface area contributed by atoms with E-state index in [1.165, 1.54) is 12.8 Å². The summed E-state index contributed by atoms with van der Waals surface area (Å²) in [6.07, 6.45) is 12.0. The monoisotopic (exact) mass is 388 g/mol. The summed E-state index contributed by atoms with van der Waals surface area (Å²) in [6.45, 7) is 2.42. The molecular weight excluding hydrogens is 364 g/mol. The molecule has 2 fully saturated rings.